The highest BCUT2D eigenvalue weighted by Gasteiger charge is 2.34. The Hall–Kier alpha value is -1.56. The monoisotopic (exact) mass is 325 g/mol. The minimum absolute atomic E-state index is 0.0122. The van der Waals surface area contributed by atoms with Gasteiger partial charge in [-0.2, -0.15) is 5.10 Å². The molecule has 0 aliphatic rings. The smallest absolute Gasteiger partial charge is 0.407 e. The van der Waals surface area contributed by atoms with Gasteiger partial charge in [-0.3, -0.25) is 4.68 Å². The predicted molar refractivity (Wildman–Crippen MR) is 90.1 cm³/mol. The van der Waals surface area contributed by atoms with Crippen molar-refractivity contribution in [3.63, 3.8) is 0 Å². The van der Waals surface area contributed by atoms with Crippen LogP contribution in [0.3, 0.4) is 0 Å². The van der Waals surface area contributed by atoms with Crippen molar-refractivity contribution in [2.75, 3.05) is 13.2 Å². The van der Waals surface area contributed by atoms with Gasteiger partial charge in [0.15, 0.2) is 0 Å². The van der Waals surface area contributed by atoms with E-state index in [1.807, 2.05) is 38.6 Å². The van der Waals surface area contributed by atoms with Crippen LogP contribution in [-0.2, 0) is 18.2 Å². The maximum absolute atomic E-state index is 11.9. The number of nitrogens with one attached hydrogen (secondary N) is 1. The average molecular weight is 325 g/mol. The molecule has 132 valence electrons. The maximum Gasteiger partial charge on any atom is 0.407 e. The molecule has 0 aliphatic carbocycles. The Morgan fingerprint density at radius 3 is 2.52 bits per heavy atom. The van der Waals surface area contributed by atoms with E-state index in [0.717, 1.165) is 18.5 Å². The molecule has 0 aliphatic heterocycles. The first-order valence-electron chi connectivity index (χ1n) is 8.14. The molecule has 1 unspecified atom stereocenters. The standard InChI is InChI=1S/C17H31N3O3/c1-13(2)17(12-21,9-7-14-8-10-19-20(14)6)11-18-15(22)23-16(3,4)5/h8,10,13,21H,7,9,11-12H2,1-6H3,(H,18,22). The van der Waals surface area contributed by atoms with E-state index >= 15 is 0 Å². The molecule has 1 atom stereocenters. The van der Waals surface area contributed by atoms with Crippen LogP contribution in [0, 0.1) is 11.3 Å². The molecule has 0 spiro atoms. The molecule has 6 heteroatoms. The third kappa shape index (κ3) is 5.86. The summed E-state index contributed by atoms with van der Waals surface area (Å²) in [4.78, 5) is 11.9. The third-order valence-electron chi connectivity index (χ3n) is 4.32. The normalized spacial score (nSPS) is 14.6. The SMILES string of the molecule is CC(C)C(CO)(CCc1ccnn1C)CNC(=O)OC(C)(C)C. The fourth-order valence-corrected chi connectivity index (χ4v) is 2.48. The Morgan fingerprint density at radius 2 is 2.09 bits per heavy atom. The number of hydrogen-bond acceptors (Lipinski definition) is 4. The number of ether oxygens (including phenoxy) is 1. The van der Waals surface area contributed by atoms with Crippen molar-refractivity contribution in [2.45, 2.75) is 53.1 Å². The first-order valence-corrected chi connectivity index (χ1v) is 8.14. The molecule has 1 aromatic rings. The van der Waals surface area contributed by atoms with E-state index in [-0.39, 0.29) is 17.9 Å². The van der Waals surface area contributed by atoms with Crippen molar-refractivity contribution in [2.24, 2.45) is 18.4 Å². The van der Waals surface area contributed by atoms with Gasteiger partial charge in [0, 0.05) is 30.9 Å². The topological polar surface area (TPSA) is 76.4 Å². The second-order valence-electron chi connectivity index (χ2n) is 7.48. The van der Waals surface area contributed by atoms with E-state index in [1.165, 1.54) is 0 Å². The number of aliphatic hydroxyl groups excluding tert-OH is 1. The molecule has 0 bridgehead atoms. The quantitative estimate of drug-likeness (QED) is 0.807. The number of rotatable bonds is 7. The summed E-state index contributed by atoms with van der Waals surface area (Å²) in [5.74, 6) is 0.218. The number of carbonyl (C=O) groups excluding carboxylic acids is 1. The molecular weight excluding hydrogens is 294 g/mol. The van der Waals surface area contributed by atoms with Gasteiger partial charge in [-0.1, -0.05) is 13.8 Å². The lowest BCUT2D eigenvalue weighted by atomic mass is 9.74. The van der Waals surface area contributed by atoms with E-state index in [9.17, 15) is 9.90 Å². The van der Waals surface area contributed by atoms with E-state index in [0.29, 0.717) is 6.54 Å². The summed E-state index contributed by atoms with van der Waals surface area (Å²) < 4.78 is 7.12. The first kappa shape index (κ1) is 19.5. The lowest BCUT2D eigenvalue weighted by Gasteiger charge is -2.36. The number of aromatic nitrogens is 2. The van der Waals surface area contributed by atoms with Gasteiger partial charge in [0.1, 0.15) is 5.60 Å². The molecule has 23 heavy (non-hydrogen) atoms. The molecular formula is C17H31N3O3. The summed E-state index contributed by atoms with van der Waals surface area (Å²) in [7, 11) is 1.91. The first-order chi connectivity index (χ1) is 10.6. The molecule has 0 saturated carbocycles. The summed E-state index contributed by atoms with van der Waals surface area (Å²) in [6.45, 7) is 10.0. The predicted octanol–water partition coefficient (Wildman–Crippen LogP) is 2.51. The summed E-state index contributed by atoms with van der Waals surface area (Å²) in [6.07, 6.45) is 2.88. The fourth-order valence-electron chi connectivity index (χ4n) is 2.48. The van der Waals surface area contributed by atoms with Crippen LogP contribution in [0.2, 0.25) is 0 Å². The van der Waals surface area contributed by atoms with Gasteiger partial charge < -0.3 is 15.2 Å². The van der Waals surface area contributed by atoms with Crippen LogP contribution in [0.15, 0.2) is 12.3 Å². The third-order valence-corrected chi connectivity index (χ3v) is 4.32. The Bertz CT molecular complexity index is 505. The Morgan fingerprint density at radius 1 is 1.43 bits per heavy atom. The molecule has 1 heterocycles. The highest BCUT2D eigenvalue weighted by Crippen LogP contribution is 2.32. The van der Waals surface area contributed by atoms with Gasteiger partial charge in [-0.05, 0) is 45.6 Å². The van der Waals surface area contributed by atoms with E-state index < -0.39 is 11.7 Å². The van der Waals surface area contributed by atoms with Crippen molar-refractivity contribution in [3.8, 4) is 0 Å². The molecule has 1 aromatic heterocycles. The van der Waals surface area contributed by atoms with Crippen LogP contribution in [-0.4, -0.2) is 39.7 Å². The molecule has 0 aromatic carbocycles. The Balaban J connectivity index is 2.70. The fraction of sp³-hybridized carbons (Fsp3) is 0.765. The highest BCUT2D eigenvalue weighted by atomic mass is 16.6. The summed E-state index contributed by atoms with van der Waals surface area (Å²) in [5, 5.41) is 17.0. The molecule has 1 rings (SSSR count). The van der Waals surface area contributed by atoms with Crippen LogP contribution in [0.5, 0.6) is 0 Å². The summed E-state index contributed by atoms with van der Waals surface area (Å²) in [6, 6.07) is 1.98. The molecule has 1 amide bonds. The van der Waals surface area contributed by atoms with E-state index in [4.69, 9.17) is 4.74 Å². The van der Waals surface area contributed by atoms with Gasteiger partial charge in [0.05, 0.1) is 6.61 Å². The molecule has 0 fully saturated rings. The number of aliphatic hydroxyl groups is 1. The second-order valence-corrected chi connectivity index (χ2v) is 7.48. The minimum Gasteiger partial charge on any atom is -0.444 e. The number of amides is 1. The zero-order valence-corrected chi connectivity index (χ0v) is 15.2. The van der Waals surface area contributed by atoms with Crippen molar-refractivity contribution >= 4 is 6.09 Å². The van der Waals surface area contributed by atoms with Crippen molar-refractivity contribution in [1.29, 1.82) is 0 Å². The molecule has 0 radical (unpaired) electrons. The molecule has 2 N–H and O–H groups in total. The van der Waals surface area contributed by atoms with Gasteiger partial charge >= 0.3 is 6.09 Å². The summed E-state index contributed by atoms with van der Waals surface area (Å²) >= 11 is 0. The number of alkyl carbamates (subject to hydrolysis) is 1. The lowest BCUT2D eigenvalue weighted by molar-refractivity contribution is 0.0367. The highest BCUT2D eigenvalue weighted by molar-refractivity contribution is 5.67. The zero-order valence-electron chi connectivity index (χ0n) is 15.2. The van der Waals surface area contributed by atoms with Crippen molar-refractivity contribution in [1.82, 2.24) is 15.1 Å². The maximum atomic E-state index is 11.9. The van der Waals surface area contributed by atoms with Gasteiger partial charge in [0.25, 0.3) is 0 Å². The van der Waals surface area contributed by atoms with Crippen LogP contribution in [0.1, 0.15) is 46.7 Å². The largest absolute Gasteiger partial charge is 0.444 e. The lowest BCUT2D eigenvalue weighted by Crippen LogP contribution is -2.45. The van der Waals surface area contributed by atoms with Gasteiger partial charge in [-0.25, -0.2) is 4.79 Å². The molecule has 6 nitrogen and oxygen atoms in total. The van der Waals surface area contributed by atoms with Crippen molar-refractivity contribution in [3.05, 3.63) is 18.0 Å². The van der Waals surface area contributed by atoms with Crippen molar-refractivity contribution < 1.29 is 14.6 Å². The number of aryl methyl sites for hydroxylation is 2. The van der Waals surface area contributed by atoms with Gasteiger partial charge in [0.2, 0.25) is 0 Å². The Kier molecular flexibility index (Phi) is 6.62. The van der Waals surface area contributed by atoms with Crippen LogP contribution < -0.4 is 5.32 Å². The minimum atomic E-state index is -0.529. The van der Waals surface area contributed by atoms with Crippen LogP contribution in [0.4, 0.5) is 4.79 Å². The number of hydrogen-bond donors (Lipinski definition) is 2. The summed E-state index contributed by atoms with van der Waals surface area (Å²) in [5.41, 5.74) is 0.195. The van der Waals surface area contributed by atoms with Gasteiger partial charge in [-0.15, -0.1) is 0 Å². The number of nitrogens with zero attached hydrogens (tertiary/aromatic N) is 2. The number of carbonyl (C=O) groups is 1. The Labute approximate surface area is 139 Å². The van der Waals surface area contributed by atoms with Crippen LogP contribution in [0.25, 0.3) is 0 Å². The van der Waals surface area contributed by atoms with Crippen LogP contribution >= 0.6 is 0 Å². The van der Waals surface area contributed by atoms with E-state index in [2.05, 4.69) is 24.3 Å². The zero-order chi connectivity index (χ0) is 17.7. The van der Waals surface area contributed by atoms with E-state index in [1.54, 1.807) is 6.20 Å². The second kappa shape index (κ2) is 7.81. The molecule has 0 saturated heterocycles. The average Bonchev–Trinajstić information content (AvgIpc) is 2.83.